The van der Waals surface area contributed by atoms with Crippen LogP contribution in [0.4, 0.5) is 0 Å². The van der Waals surface area contributed by atoms with Gasteiger partial charge in [0.1, 0.15) is 53.8 Å². The molecule has 0 unspecified atom stereocenters. The van der Waals surface area contributed by atoms with E-state index in [1.165, 1.54) is 55.5 Å². The first-order chi connectivity index (χ1) is 35.2. The number of rotatable bonds is 31. The Morgan fingerprint density at radius 1 is 0.608 bits per heavy atom. The third kappa shape index (κ3) is 20.6. The summed E-state index contributed by atoms with van der Waals surface area (Å²) in [7, 11) is 0. The zero-order valence-electron chi connectivity index (χ0n) is 41.6. The van der Waals surface area contributed by atoms with E-state index in [-0.39, 0.29) is 43.2 Å². The smallest absolute Gasteiger partial charge is 0.328 e. The predicted octanol–water partition coefficient (Wildman–Crippen LogP) is -4.47. The molecular formula is C48H71N11O15. The lowest BCUT2D eigenvalue weighted by Gasteiger charge is -2.27. The highest BCUT2D eigenvalue weighted by atomic mass is 16.4. The molecular weight excluding hydrogens is 971 g/mol. The van der Waals surface area contributed by atoms with E-state index >= 15 is 0 Å². The van der Waals surface area contributed by atoms with Gasteiger partial charge < -0.3 is 84.4 Å². The minimum atomic E-state index is -1.73. The van der Waals surface area contributed by atoms with Crippen LogP contribution in [-0.4, -0.2) is 172 Å². The first kappa shape index (κ1) is 60.9. The molecule has 9 atom stereocenters. The van der Waals surface area contributed by atoms with E-state index in [0.29, 0.717) is 43.4 Å². The van der Waals surface area contributed by atoms with Crippen molar-refractivity contribution in [2.24, 2.45) is 11.7 Å². The SMILES string of the molecule is CC[C@H](C)[C@H](NC(=O)[C@H](CO)NC(=O)[C@H](Cc1ccc(O)cc1)NC(=O)[C@H](Cc1ccc(O)cc1)NC(=O)CNC(=O)[C@H](C)NC(=O)[C@@H]1CCCN1)C(=O)NCC(=O)N[C@@H](CCCCN)C(=O)N[C@@H](CO)C(=O)O. The van der Waals surface area contributed by atoms with Crippen molar-refractivity contribution in [3.05, 3.63) is 59.7 Å². The van der Waals surface area contributed by atoms with Gasteiger partial charge in [0.05, 0.1) is 32.3 Å². The van der Waals surface area contributed by atoms with Crippen LogP contribution in [0.1, 0.15) is 70.4 Å². The highest BCUT2D eigenvalue weighted by Gasteiger charge is 2.34. The molecule has 0 saturated carbocycles. The Kier molecular flexibility index (Phi) is 25.7. The van der Waals surface area contributed by atoms with Gasteiger partial charge in [0.2, 0.25) is 53.2 Å². The van der Waals surface area contributed by atoms with Crippen LogP contribution in [0.2, 0.25) is 0 Å². The number of hydrogen-bond acceptors (Lipinski definition) is 16. The standard InChI is InChI=1S/C48H71N11O15/c1-4-26(2)40(47(72)52-23-38(64)54-33(8-5-6-18-49)43(68)58-37(25-61)48(73)74)59-46(71)36(24-60)57-45(70)35(21-29-12-16-31(63)17-13-29)56-44(69)34(20-28-10-14-30(62)15-11-28)55-39(65)22-51-41(66)27(3)53-42(67)32-9-7-19-50-32/h10-17,26-27,32-37,40,50,60-63H,4-9,18-25,49H2,1-3H3,(H,51,66)(H,52,72)(H,53,67)(H,54,64)(H,55,65)(H,56,69)(H,57,70)(H,58,68)(H,59,71)(H,73,74)/t26-,27-,32-,33-,34-,35-,36-,37-,40-/m0/s1. The molecule has 408 valence electrons. The highest BCUT2D eigenvalue weighted by molar-refractivity contribution is 5.97. The van der Waals surface area contributed by atoms with Crippen LogP contribution in [0.15, 0.2) is 48.5 Å². The van der Waals surface area contributed by atoms with Crippen LogP contribution < -0.4 is 58.9 Å². The van der Waals surface area contributed by atoms with Gasteiger partial charge in [0.25, 0.3) is 0 Å². The predicted molar refractivity (Wildman–Crippen MR) is 264 cm³/mol. The van der Waals surface area contributed by atoms with Gasteiger partial charge in [0.15, 0.2) is 0 Å². The molecule has 0 aromatic heterocycles. The number of hydrogen-bond donors (Lipinski definition) is 16. The Labute approximate surface area is 427 Å². The van der Waals surface area contributed by atoms with Gasteiger partial charge in [0, 0.05) is 12.8 Å². The van der Waals surface area contributed by atoms with Crippen molar-refractivity contribution in [1.29, 1.82) is 0 Å². The molecule has 1 saturated heterocycles. The maximum atomic E-state index is 14.2. The van der Waals surface area contributed by atoms with E-state index in [0.717, 1.165) is 6.42 Å². The van der Waals surface area contributed by atoms with Gasteiger partial charge in [-0.1, -0.05) is 44.5 Å². The molecule has 3 rings (SSSR count). The number of carbonyl (C=O) groups excluding carboxylic acids is 9. The van der Waals surface area contributed by atoms with E-state index in [1.807, 2.05) is 0 Å². The number of carbonyl (C=O) groups is 10. The summed E-state index contributed by atoms with van der Waals surface area (Å²) in [6.45, 7) is 2.43. The third-order valence-electron chi connectivity index (χ3n) is 12.0. The Bertz CT molecular complexity index is 2230. The molecule has 26 heteroatoms. The van der Waals surface area contributed by atoms with Gasteiger partial charge in [-0.05, 0) is 93.4 Å². The zero-order valence-corrected chi connectivity index (χ0v) is 41.6. The molecule has 26 nitrogen and oxygen atoms in total. The number of aliphatic carboxylic acids is 1. The molecule has 0 bridgehead atoms. The lowest BCUT2D eigenvalue weighted by atomic mass is 9.97. The van der Waals surface area contributed by atoms with Crippen LogP contribution in [0, 0.1) is 5.92 Å². The number of nitrogens with two attached hydrogens (primary N) is 1. The number of aromatic hydroxyl groups is 2. The van der Waals surface area contributed by atoms with Crippen LogP contribution in [0.25, 0.3) is 0 Å². The Morgan fingerprint density at radius 2 is 1.08 bits per heavy atom. The average Bonchev–Trinajstić information content (AvgIpc) is 3.93. The number of phenolic OH excluding ortho intramolecular Hbond substituents is 2. The van der Waals surface area contributed by atoms with E-state index in [2.05, 4.69) is 53.2 Å². The summed E-state index contributed by atoms with van der Waals surface area (Å²) in [6, 6.07) is 0.848. The lowest BCUT2D eigenvalue weighted by Crippen LogP contribution is -2.61. The van der Waals surface area contributed by atoms with Crippen molar-refractivity contribution in [2.45, 2.75) is 120 Å². The third-order valence-corrected chi connectivity index (χ3v) is 12.0. The van der Waals surface area contributed by atoms with Gasteiger partial charge in [-0.25, -0.2) is 4.79 Å². The molecule has 17 N–H and O–H groups in total. The van der Waals surface area contributed by atoms with Crippen molar-refractivity contribution in [1.82, 2.24) is 53.2 Å². The number of carboxylic acid groups (broad SMARTS) is 1. The fourth-order valence-corrected chi connectivity index (χ4v) is 7.44. The van der Waals surface area contributed by atoms with Gasteiger partial charge in [-0.3, -0.25) is 43.2 Å². The van der Waals surface area contributed by atoms with E-state index in [9.17, 15) is 73.5 Å². The summed E-state index contributed by atoms with van der Waals surface area (Å²) >= 11 is 0. The molecule has 1 aliphatic heterocycles. The van der Waals surface area contributed by atoms with E-state index in [1.54, 1.807) is 13.8 Å². The molecule has 0 spiro atoms. The summed E-state index contributed by atoms with van der Waals surface area (Å²) in [6.07, 6.45) is 2.13. The molecule has 1 heterocycles. The minimum absolute atomic E-state index is 0.0414. The fourth-order valence-electron chi connectivity index (χ4n) is 7.44. The maximum Gasteiger partial charge on any atom is 0.328 e. The second kappa shape index (κ2) is 31.2. The summed E-state index contributed by atoms with van der Waals surface area (Å²) < 4.78 is 0. The van der Waals surface area contributed by atoms with Gasteiger partial charge in [-0.2, -0.15) is 0 Å². The highest BCUT2D eigenvalue weighted by Crippen LogP contribution is 2.15. The quantitative estimate of drug-likeness (QED) is 0.0317. The largest absolute Gasteiger partial charge is 0.508 e. The topological polar surface area (TPSA) is 418 Å². The molecule has 0 radical (unpaired) electrons. The molecule has 0 aliphatic carbocycles. The number of phenols is 2. The van der Waals surface area contributed by atoms with Crippen LogP contribution >= 0.6 is 0 Å². The molecule has 1 aliphatic rings. The summed E-state index contributed by atoms with van der Waals surface area (Å²) in [5, 5.41) is 73.8. The molecule has 2 aromatic carbocycles. The number of benzene rings is 2. The van der Waals surface area contributed by atoms with Crippen molar-refractivity contribution in [3.63, 3.8) is 0 Å². The van der Waals surface area contributed by atoms with E-state index < -0.39 is 134 Å². The molecule has 74 heavy (non-hydrogen) atoms. The van der Waals surface area contributed by atoms with Crippen LogP contribution in [-0.2, 0) is 60.8 Å². The van der Waals surface area contributed by atoms with Crippen LogP contribution in [0.5, 0.6) is 11.5 Å². The van der Waals surface area contributed by atoms with E-state index in [4.69, 9.17) is 5.73 Å². The fraction of sp³-hybridized carbons (Fsp3) is 0.542. The first-order valence-electron chi connectivity index (χ1n) is 24.3. The Balaban J connectivity index is 1.77. The Hall–Kier alpha value is -7.42. The second-order valence-corrected chi connectivity index (χ2v) is 17.8. The number of aliphatic hydroxyl groups excluding tert-OH is 2. The number of carboxylic acids is 1. The summed E-state index contributed by atoms with van der Waals surface area (Å²) in [5.41, 5.74) is 6.42. The first-order valence-corrected chi connectivity index (χ1v) is 24.3. The second-order valence-electron chi connectivity index (χ2n) is 17.8. The van der Waals surface area contributed by atoms with Crippen LogP contribution in [0.3, 0.4) is 0 Å². The number of aliphatic hydroxyl groups is 2. The maximum absolute atomic E-state index is 14.2. The monoisotopic (exact) mass is 1040 g/mol. The minimum Gasteiger partial charge on any atom is -0.508 e. The van der Waals surface area contributed by atoms with Crippen molar-refractivity contribution in [2.75, 3.05) is 39.4 Å². The Morgan fingerprint density at radius 3 is 1.57 bits per heavy atom. The summed E-state index contributed by atoms with van der Waals surface area (Å²) in [5.74, 6) is -9.78. The van der Waals surface area contributed by atoms with Crippen molar-refractivity contribution < 1.29 is 73.5 Å². The molecule has 1 fully saturated rings. The zero-order chi connectivity index (χ0) is 54.9. The van der Waals surface area contributed by atoms with Gasteiger partial charge >= 0.3 is 5.97 Å². The van der Waals surface area contributed by atoms with Crippen molar-refractivity contribution in [3.8, 4) is 11.5 Å². The van der Waals surface area contributed by atoms with Gasteiger partial charge in [-0.15, -0.1) is 0 Å². The number of amides is 9. The summed E-state index contributed by atoms with van der Waals surface area (Å²) in [4.78, 5) is 132. The molecule has 2 aromatic rings. The lowest BCUT2D eigenvalue weighted by molar-refractivity contribution is -0.143. The average molecular weight is 1040 g/mol. The number of nitrogens with one attached hydrogen (secondary N) is 10. The number of unbranched alkanes of at least 4 members (excludes halogenated alkanes) is 1. The normalized spacial score (nSPS) is 16.2. The molecule has 9 amide bonds. The van der Waals surface area contributed by atoms with Crippen molar-refractivity contribution >= 4 is 59.1 Å².